The summed E-state index contributed by atoms with van der Waals surface area (Å²) in [6.45, 7) is 1.72. The molecule has 0 radical (unpaired) electrons. The first-order valence-corrected chi connectivity index (χ1v) is 8.44. The predicted molar refractivity (Wildman–Crippen MR) is 82.2 cm³/mol. The Morgan fingerprint density at radius 2 is 1.68 bits per heavy atom. The molecular formula is C16H18FNO3S. The van der Waals surface area contributed by atoms with E-state index < -0.39 is 28.0 Å². The minimum atomic E-state index is -3.77. The maximum absolute atomic E-state index is 13.8. The third-order valence-electron chi connectivity index (χ3n) is 3.40. The van der Waals surface area contributed by atoms with Crippen molar-refractivity contribution in [2.45, 2.75) is 30.4 Å². The third kappa shape index (κ3) is 3.71. The molecule has 2 rings (SSSR count). The normalized spacial score (nSPS) is 14.5. The number of rotatable bonds is 6. The minimum Gasteiger partial charge on any atom is -0.387 e. The lowest BCUT2D eigenvalue weighted by Gasteiger charge is -2.23. The quantitative estimate of drug-likeness (QED) is 0.859. The molecule has 0 aliphatic rings. The first-order valence-electron chi connectivity index (χ1n) is 6.95. The number of benzene rings is 2. The highest BCUT2D eigenvalue weighted by molar-refractivity contribution is 7.89. The van der Waals surface area contributed by atoms with Gasteiger partial charge in [0.1, 0.15) is 5.82 Å². The molecule has 0 aliphatic heterocycles. The molecule has 0 unspecified atom stereocenters. The van der Waals surface area contributed by atoms with Gasteiger partial charge in [0, 0.05) is 5.56 Å². The second kappa shape index (κ2) is 7.00. The van der Waals surface area contributed by atoms with Gasteiger partial charge in [-0.15, -0.1) is 0 Å². The Kier molecular flexibility index (Phi) is 5.28. The molecule has 0 spiro atoms. The van der Waals surface area contributed by atoms with Gasteiger partial charge in [-0.2, -0.15) is 0 Å². The van der Waals surface area contributed by atoms with Gasteiger partial charge in [-0.3, -0.25) is 0 Å². The summed E-state index contributed by atoms with van der Waals surface area (Å²) >= 11 is 0. The van der Waals surface area contributed by atoms with Crippen molar-refractivity contribution in [2.24, 2.45) is 0 Å². The van der Waals surface area contributed by atoms with Gasteiger partial charge in [-0.05, 0) is 24.6 Å². The molecule has 0 saturated heterocycles. The second-order valence-corrected chi connectivity index (χ2v) is 6.63. The summed E-state index contributed by atoms with van der Waals surface area (Å²) < 4.78 is 40.8. The third-order valence-corrected chi connectivity index (χ3v) is 4.91. The zero-order chi connectivity index (χ0) is 16.2. The standard InChI is InChI=1S/C16H18FNO3S/c1-2-15(16(19)13-10-6-7-11-14(13)17)18-22(20,21)12-8-4-3-5-9-12/h3-11,15-16,18-19H,2H2,1H3/t15-,16+/m0/s1. The van der Waals surface area contributed by atoms with Crippen LogP contribution in [0, 0.1) is 5.82 Å². The molecule has 2 aromatic rings. The van der Waals surface area contributed by atoms with E-state index in [0.29, 0.717) is 6.42 Å². The van der Waals surface area contributed by atoms with Gasteiger partial charge >= 0.3 is 0 Å². The van der Waals surface area contributed by atoms with Crippen LogP contribution in [0.25, 0.3) is 0 Å². The molecule has 0 bridgehead atoms. The summed E-state index contributed by atoms with van der Waals surface area (Å²) in [4.78, 5) is 0.106. The van der Waals surface area contributed by atoms with Gasteiger partial charge in [0.15, 0.2) is 0 Å². The summed E-state index contributed by atoms with van der Waals surface area (Å²) in [7, 11) is -3.77. The largest absolute Gasteiger partial charge is 0.387 e. The number of hydrogen-bond acceptors (Lipinski definition) is 3. The highest BCUT2D eigenvalue weighted by Gasteiger charge is 2.27. The van der Waals surface area contributed by atoms with Crippen molar-refractivity contribution in [2.75, 3.05) is 0 Å². The first kappa shape index (κ1) is 16.6. The number of aliphatic hydroxyl groups is 1. The highest BCUT2D eigenvalue weighted by atomic mass is 32.2. The van der Waals surface area contributed by atoms with E-state index in [1.54, 1.807) is 31.2 Å². The highest BCUT2D eigenvalue weighted by Crippen LogP contribution is 2.23. The van der Waals surface area contributed by atoms with E-state index in [9.17, 15) is 17.9 Å². The van der Waals surface area contributed by atoms with Crippen molar-refractivity contribution in [3.8, 4) is 0 Å². The van der Waals surface area contributed by atoms with Crippen LogP contribution in [0.4, 0.5) is 4.39 Å². The average molecular weight is 323 g/mol. The molecule has 0 saturated carbocycles. The summed E-state index contributed by atoms with van der Waals surface area (Å²) in [5.74, 6) is -0.563. The molecule has 6 heteroatoms. The van der Waals surface area contributed by atoms with Crippen molar-refractivity contribution in [3.63, 3.8) is 0 Å². The van der Waals surface area contributed by atoms with Gasteiger partial charge < -0.3 is 5.11 Å². The van der Waals surface area contributed by atoms with Crippen LogP contribution in [-0.4, -0.2) is 19.6 Å². The van der Waals surface area contributed by atoms with Crippen LogP contribution in [0.2, 0.25) is 0 Å². The molecule has 2 atom stereocenters. The van der Waals surface area contributed by atoms with Crippen LogP contribution in [-0.2, 0) is 10.0 Å². The summed E-state index contributed by atoms with van der Waals surface area (Å²) in [6, 6.07) is 12.8. The predicted octanol–water partition coefficient (Wildman–Crippen LogP) is 2.62. The topological polar surface area (TPSA) is 66.4 Å². The summed E-state index contributed by atoms with van der Waals surface area (Å²) in [5, 5.41) is 10.3. The molecular weight excluding hydrogens is 305 g/mol. The fraction of sp³-hybridized carbons (Fsp3) is 0.250. The van der Waals surface area contributed by atoms with E-state index in [1.165, 1.54) is 30.3 Å². The number of hydrogen-bond donors (Lipinski definition) is 2. The molecule has 118 valence electrons. The van der Waals surface area contributed by atoms with Gasteiger partial charge in [-0.1, -0.05) is 43.3 Å². The van der Waals surface area contributed by atoms with Crippen LogP contribution < -0.4 is 4.72 Å². The lowest BCUT2D eigenvalue weighted by molar-refractivity contribution is 0.133. The van der Waals surface area contributed by atoms with Crippen LogP contribution >= 0.6 is 0 Å². The van der Waals surface area contributed by atoms with E-state index in [0.717, 1.165) is 0 Å². The lowest BCUT2D eigenvalue weighted by atomic mass is 10.0. The van der Waals surface area contributed by atoms with Crippen molar-refractivity contribution < 1.29 is 17.9 Å². The Morgan fingerprint density at radius 1 is 1.09 bits per heavy atom. The van der Waals surface area contributed by atoms with Crippen LogP contribution in [0.1, 0.15) is 25.0 Å². The molecule has 0 heterocycles. The van der Waals surface area contributed by atoms with Gasteiger partial charge in [-0.25, -0.2) is 17.5 Å². The Labute approximate surface area is 129 Å². The van der Waals surface area contributed by atoms with Gasteiger partial charge in [0.2, 0.25) is 10.0 Å². The molecule has 0 amide bonds. The van der Waals surface area contributed by atoms with Crippen LogP contribution in [0.3, 0.4) is 0 Å². The number of aliphatic hydroxyl groups excluding tert-OH is 1. The van der Waals surface area contributed by atoms with Crippen molar-refractivity contribution >= 4 is 10.0 Å². The molecule has 0 aliphatic carbocycles. The summed E-state index contributed by atoms with van der Waals surface area (Å²) in [5.41, 5.74) is 0.0742. The van der Waals surface area contributed by atoms with Crippen LogP contribution in [0.15, 0.2) is 59.5 Å². The van der Waals surface area contributed by atoms with E-state index in [2.05, 4.69) is 4.72 Å². The van der Waals surface area contributed by atoms with E-state index in [4.69, 9.17) is 0 Å². The second-order valence-electron chi connectivity index (χ2n) is 4.92. The minimum absolute atomic E-state index is 0.0742. The fourth-order valence-corrected chi connectivity index (χ4v) is 3.52. The lowest BCUT2D eigenvalue weighted by Crippen LogP contribution is -2.39. The number of halogens is 1. The first-order chi connectivity index (χ1) is 10.5. The average Bonchev–Trinajstić information content (AvgIpc) is 2.53. The smallest absolute Gasteiger partial charge is 0.240 e. The van der Waals surface area contributed by atoms with Gasteiger partial charge in [0.05, 0.1) is 17.0 Å². The Hall–Kier alpha value is -1.76. The van der Waals surface area contributed by atoms with Crippen molar-refractivity contribution in [1.29, 1.82) is 0 Å². The van der Waals surface area contributed by atoms with Crippen molar-refractivity contribution in [3.05, 3.63) is 66.0 Å². The maximum Gasteiger partial charge on any atom is 0.240 e. The fourth-order valence-electron chi connectivity index (χ4n) is 2.17. The SMILES string of the molecule is CC[C@H](NS(=O)(=O)c1ccccc1)[C@H](O)c1ccccc1F. The molecule has 0 fully saturated rings. The number of nitrogens with one attached hydrogen (secondary N) is 1. The molecule has 2 aromatic carbocycles. The monoisotopic (exact) mass is 323 g/mol. The Bertz CT molecular complexity index is 719. The van der Waals surface area contributed by atoms with Gasteiger partial charge in [0.25, 0.3) is 0 Å². The molecule has 0 aromatic heterocycles. The Balaban J connectivity index is 2.24. The zero-order valence-electron chi connectivity index (χ0n) is 12.1. The van der Waals surface area contributed by atoms with E-state index in [1.807, 2.05) is 0 Å². The Morgan fingerprint density at radius 3 is 2.27 bits per heavy atom. The van der Waals surface area contributed by atoms with Crippen LogP contribution in [0.5, 0.6) is 0 Å². The molecule has 22 heavy (non-hydrogen) atoms. The van der Waals surface area contributed by atoms with E-state index in [-0.39, 0.29) is 10.5 Å². The zero-order valence-corrected chi connectivity index (χ0v) is 12.9. The summed E-state index contributed by atoms with van der Waals surface area (Å²) in [6.07, 6.45) is -0.939. The molecule has 4 nitrogen and oxygen atoms in total. The van der Waals surface area contributed by atoms with Crippen molar-refractivity contribution in [1.82, 2.24) is 4.72 Å². The molecule has 2 N–H and O–H groups in total. The maximum atomic E-state index is 13.8. The van der Waals surface area contributed by atoms with E-state index >= 15 is 0 Å². The number of sulfonamides is 1.